The molecule has 6 nitrogen and oxygen atoms in total. The Bertz CT molecular complexity index is 468. The summed E-state index contributed by atoms with van der Waals surface area (Å²) < 4.78 is 15.0. The van der Waals surface area contributed by atoms with Crippen LogP contribution in [0.3, 0.4) is 0 Å². The first-order valence-electron chi connectivity index (χ1n) is 6.29. The smallest absolute Gasteiger partial charge is 0.342 e. The summed E-state index contributed by atoms with van der Waals surface area (Å²) in [6.45, 7) is 3.47. The fourth-order valence-corrected chi connectivity index (χ4v) is 1.76. The average molecular weight is 281 g/mol. The Morgan fingerprint density at radius 3 is 2.05 bits per heavy atom. The number of carbonyl (C=O) groups excluding carboxylic acids is 2. The SMILES string of the molecule is CCOC(=O)C(N)(C(=O)OCC)c1ccccc1OC. The summed E-state index contributed by atoms with van der Waals surface area (Å²) >= 11 is 0. The highest BCUT2D eigenvalue weighted by Crippen LogP contribution is 2.30. The van der Waals surface area contributed by atoms with E-state index < -0.39 is 17.5 Å². The van der Waals surface area contributed by atoms with Gasteiger partial charge in [0.25, 0.3) is 0 Å². The number of nitrogens with two attached hydrogens (primary N) is 1. The molecule has 0 radical (unpaired) electrons. The van der Waals surface area contributed by atoms with Crippen LogP contribution in [0, 0.1) is 0 Å². The van der Waals surface area contributed by atoms with Gasteiger partial charge in [-0.05, 0) is 19.9 Å². The topological polar surface area (TPSA) is 87.9 Å². The molecule has 0 amide bonds. The van der Waals surface area contributed by atoms with Crippen molar-refractivity contribution in [2.45, 2.75) is 19.4 Å². The van der Waals surface area contributed by atoms with E-state index in [2.05, 4.69) is 0 Å². The maximum atomic E-state index is 12.1. The molecule has 0 aliphatic carbocycles. The Hall–Kier alpha value is -2.08. The lowest BCUT2D eigenvalue weighted by Crippen LogP contribution is -2.53. The molecule has 0 atom stereocenters. The Kier molecular flexibility index (Phi) is 5.52. The number of rotatable bonds is 6. The van der Waals surface area contributed by atoms with Crippen LogP contribution in [0.15, 0.2) is 24.3 Å². The van der Waals surface area contributed by atoms with E-state index in [1.54, 1.807) is 32.0 Å². The minimum Gasteiger partial charge on any atom is -0.496 e. The molecule has 20 heavy (non-hydrogen) atoms. The van der Waals surface area contributed by atoms with Gasteiger partial charge in [0.1, 0.15) is 5.75 Å². The van der Waals surface area contributed by atoms with E-state index in [1.807, 2.05) is 0 Å². The van der Waals surface area contributed by atoms with Crippen LogP contribution in [0.5, 0.6) is 5.75 Å². The molecule has 0 heterocycles. The number of ether oxygens (including phenoxy) is 3. The van der Waals surface area contributed by atoms with Crippen molar-refractivity contribution in [1.29, 1.82) is 0 Å². The fourth-order valence-electron chi connectivity index (χ4n) is 1.76. The van der Waals surface area contributed by atoms with Crippen LogP contribution < -0.4 is 10.5 Å². The van der Waals surface area contributed by atoms with Crippen molar-refractivity contribution in [2.75, 3.05) is 20.3 Å². The maximum absolute atomic E-state index is 12.1. The molecular formula is C14H19NO5. The van der Waals surface area contributed by atoms with Gasteiger partial charge < -0.3 is 19.9 Å². The van der Waals surface area contributed by atoms with E-state index >= 15 is 0 Å². The monoisotopic (exact) mass is 281 g/mol. The number of esters is 2. The summed E-state index contributed by atoms with van der Waals surface area (Å²) in [6.07, 6.45) is 0. The van der Waals surface area contributed by atoms with Crippen molar-refractivity contribution < 1.29 is 23.8 Å². The van der Waals surface area contributed by atoms with Crippen molar-refractivity contribution in [2.24, 2.45) is 5.73 Å². The quantitative estimate of drug-likeness (QED) is 0.617. The van der Waals surface area contributed by atoms with Gasteiger partial charge in [0, 0.05) is 5.56 Å². The van der Waals surface area contributed by atoms with Gasteiger partial charge in [-0.2, -0.15) is 0 Å². The Morgan fingerprint density at radius 2 is 1.60 bits per heavy atom. The zero-order valence-corrected chi connectivity index (χ0v) is 11.8. The molecule has 2 N–H and O–H groups in total. The highest BCUT2D eigenvalue weighted by molar-refractivity contribution is 6.06. The molecule has 0 aliphatic rings. The highest BCUT2D eigenvalue weighted by atomic mass is 16.6. The second-order valence-electron chi connectivity index (χ2n) is 3.95. The number of hydrogen-bond acceptors (Lipinski definition) is 6. The van der Waals surface area contributed by atoms with Crippen LogP contribution in [0.4, 0.5) is 0 Å². The zero-order valence-electron chi connectivity index (χ0n) is 11.8. The molecule has 0 saturated carbocycles. The van der Waals surface area contributed by atoms with Gasteiger partial charge in [0.05, 0.1) is 20.3 Å². The predicted octanol–water partition coefficient (Wildman–Crippen LogP) is 0.975. The molecule has 1 rings (SSSR count). The number of benzene rings is 1. The fraction of sp³-hybridized carbons (Fsp3) is 0.429. The predicted molar refractivity (Wildman–Crippen MR) is 72.1 cm³/mol. The number of para-hydroxylation sites is 1. The zero-order chi connectivity index (χ0) is 15.2. The Balaban J connectivity index is 3.36. The van der Waals surface area contributed by atoms with Crippen molar-refractivity contribution in [3.8, 4) is 5.75 Å². The third-order valence-electron chi connectivity index (χ3n) is 2.73. The molecule has 0 bridgehead atoms. The third-order valence-corrected chi connectivity index (χ3v) is 2.73. The lowest BCUT2D eigenvalue weighted by Gasteiger charge is -2.26. The molecule has 0 fully saturated rings. The lowest BCUT2D eigenvalue weighted by atomic mass is 9.90. The molecule has 0 aliphatic heterocycles. The van der Waals surface area contributed by atoms with Gasteiger partial charge >= 0.3 is 11.9 Å². The molecular weight excluding hydrogens is 262 g/mol. The minimum atomic E-state index is -2.04. The van der Waals surface area contributed by atoms with E-state index in [-0.39, 0.29) is 18.8 Å². The van der Waals surface area contributed by atoms with Crippen molar-refractivity contribution in [3.05, 3.63) is 29.8 Å². The van der Waals surface area contributed by atoms with Crippen LogP contribution in [-0.4, -0.2) is 32.3 Å². The number of methoxy groups -OCH3 is 1. The van der Waals surface area contributed by atoms with Gasteiger partial charge in [-0.3, -0.25) is 0 Å². The van der Waals surface area contributed by atoms with Crippen molar-refractivity contribution in [1.82, 2.24) is 0 Å². The van der Waals surface area contributed by atoms with Gasteiger partial charge in [0.2, 0.25) is 5.54 Å². The highest BCUT2D eigenvalue weighted by Gasteiger charge is 2.48. The van der Waals surface area contributed by atoms with Crippen LogP contribution in [-0.2, 0) is 24.6 Å². The molecule has 0 aromatic heterocycles. The summed E-state index contributed by atoms with van der Waals surface area (Å²) in [6, 6.07) is 6.50. The first kappa shape index (κ1) is 16.0. The van der Waals surface area contributed by atoms with E-state index in [4.69, 9.17) is 19.9 Å². The minimum absolute atomic E-state index is 0.104. The second-order valence-corrected chi connectivity index (χ2v) is 3.95. The van der Waals surface area contributed by atoms with Gasteiger partial charge in [-0.25, -0.2) is 9.59 Å². The third kappa shape index (κ3) is 2.91. The van der Waals surface area contributed by atoms with E-state index in [0.29, 0.717) is 5.75 Å². The van der Waals surface area contributed by atoms with Crippen LogP contribution in [0.2, 0.25) is 0 Å². The molecule has 0 saturated heterocycles. The summed E-state index contributed by atoms with van der Waals surface area (Å²) in [4.78, 5) is 24.3. The summed E-state index contributed by atoms with van der Waals surface area (Å²) in [5.41, 5.74) is 4.19. The largest absolute Gasteiger partial charge is 0.496 e. The van der Waals surface area contributed by atoms with Crippen molar-refractivity contribution in [3.63, 3.8) is 0 Å². The van der Waals surface area contributed by atoms with Crippen molar-refractivity contribution >= 4 is 11.9 Å². The van der Waals surface area contributed by atoms with E-state index in [9.17, 15) is 9.59 Å². The lowest BCUT2D eigenvalue weighted by molar-refractivity contribution is -0.164. The van der Waals surface area contributed by atoms with Gasteiger partial charge in [-0.15, -0.1) is 0 Å². The van der Waals surface area contributed by atoms with E-state index in [1.165, 1.54) is 13.2 Å². The van der Waals surface area contributed by atoms with Gasteiger partial charge in [0.15, 0.2) is 0 Å². The molecule has 1 aromatic carbocycles. The molecule has 1 aromatic rings. The molecule has 110 valence electrons. The summed E-state index contributed by atoms with van der Waals surface area (Å²) in [5.74, 6) is -1.43. The van der Waals surface area contributed by atoms with Crippen LogP contribution >= 0.6 is 0 Å². The normalized spacial score (nSPS) is 10.8. The maximum Gasteiger partial charge on any atom is 0.342 e. The van der Waals surface area contributed by atoms with E-state index in [0.717, 1.165) is 0 Å². The Morgan fingerprint density at radius 1 is 1.10 bits per heavy atom. The standard InChI is InChI=1S/C14H19NO5/c1-4-19-12(16)14(15,13(17)20-5-2)10-8-6-7-9-11(10)18-3/h6-9H,4-5,15H2,1-3H3. The summed E-state index contributed by atoms with van der Waals surface area (Å²) in [7, 11) is 1.43. The first-order valence-corrected chi connectivity index (χ1v) is 6.29. The molecule has 0 spiro atoms. The van der Waals surface area contributed by atoms with Gasteiger partial charge in [-0.1, -0.05) is 18.2 Å². The van der Waals surface area contributed by atoms with Crippen LogP contribution in [0.25, 0.3) is 0 Å². The summed E-state index contributed by atoms with van der Waals surface area (Å²) in [5, 5.41) is 0. The van der Waals surface area contributed by atoms with Crippen LogP contribution in [0.1, 0.15) is 19.4 Å². The molecule has 0 unspecified atom stereocenters. The first-order chi connectivity index (χ1) is 9.52. The number of hydrogen-bond donors (Lipinski definition) is 1. The average Bonchev–Trinajstić information content (AvgIpc) is 2.46. The number of carbonyl (C=O) groups is 2. The second kappa shape index (κ2) is 6.91. The molecule has 6 heteroatoms. The Labute approximate surface area is 117 Å².